The minimum Gasteiger partial charge on any atom is -0.350 e. The number of carbonyl (C=O) groups is 1. The molecule has 0 saturated heterocycles. The number of benzene rings is 1. The van der Waals surface area contributed by atoms with Gasteiger partial charge in [0.15, 0.2) is 17.5 Å². The lowest BCUT2D eigenvalue weighted by Gasteiger charge is -2.06. The number of nitrogens with one attached hydrogen (secondary N) is 1. The van der Waals surface area contributed by atoms with Crippen molar-refractivity contribution in [2.75, 3.05) is 6.54 Å². The Kier molecular flexibility index (Phi) is 3.84. The molecule has 19 heavy (non-hydrogen) atoms. The van der Waals surface area contributed by atoms with Gasteiger partial charge in [-0.25, -0.2) is 18.2 Å². The summed E-state index contributed by atoms with van der Waals surface area (Å²) >= 11 is 0. The molecule has 1 aromatic heterocycles. The second-order valence-corrected chi connectivity index (χ2v) is 3.81. The van der Waals surface area contributed by atoms with Crippen molar-refractivity contribution in [1.29, 1.82) is 0 Å². The van der Waals surface area contributed by atoms with E-state index in [0.29, 0.717) is 18.7 Å². The van der Waals surface area contributed by atoms with E-state index in [4.69, 9.17) is 0 Å². The Morgan fingerprint density at radius 1 is 1.26 bits per heavy atom. The molecule has 2 rings (SSSR count). The van der Waals surface area contributed by atoms with Gasteiger partial charge in [0.25, 0.3) is 5.91 Å². The first kappa shape index (κ1) is 13.1. The van der Waals surface area contributed by atoms with Gasteiger partial charge < -0.3 is 9.88 Å². The molecule has 1 heterocycles. The fraction of sp³-hybridized carbons (Fsp3) is 0.167. The van der Waals surface area contributed by atoms with E-state index in [0.717, 1.165) is 0 Å². The Hall–Kier alpha value is -2.31. The maximum Gasteiger partial charge on any atom is 0.251 e. The molecule has 0 aliphatic heterocycles. The summed E-state index contributed by atoms with van der Waals surface area (Å²) in [5.74, 6) is -5.03. The van der Waals surface area contributed by atoms with Crippen molar-refractivity contribution in [1.82, 2.24) is 14.9 Å². The van der Waals surface area contributed by atoms with Gasteiger partial charge >= 0.3 is 0 Å². The fourth-order valence-corrected chi connectivity index (χ4v) is 1.51. The molecule has 0 atom stereocenters. The lowest BCUT2D eigenvalue weighted by Crippen LogP contribution is -2.27. The van der Waals surface area contributed by atoms with Gasteiger partial charge in [-0.1, -0.05) is 0 Å². The molecular weight excluding hydrogens is 259 g/mol. The van der Waals surface area contributed by atoms with E-state index in [2.05, 4.69) is 10.3 Å². The van der Waals surface area contributed by atoms with Crippen LogP contribution in [0.15, 0.2) is 30.9 Å². The van der Waals surface area contributed by atoms with Crippen molar-refractivity contribution in [3.8, 4) is 0 Å². The van der Waals surface area contributed by atoms with Gasteiger partial charge in [-0.05, 0) is 12.1 Å². The maximum atomic E-state index is 12.9. The quantitative estimate of drug-likeness (QED) is 0.859. The number of nitrogens with zero attached hydrogens (tertiary/aromatic N) is 2. The molecule has 100 valence electrons. The zero-order chi connectivity index (χ0) is 13.8. The molecule has 0 fully saturated rings. The largest absolute Gasteiger partial charge is 0.350 e. The summed E-state index contributed by atoms with van der Waals surface area (Å²) < 4.78 is 40.3. The summed E-state index contributed by atoms with van der Waals surface area (Å²) in [5.41, 5.74) is -0.262. The predicted molar refractivity (Wildman–Crippen MR) is 60.9 cm³/mol. The van der Waals surface area contributed by atoms with Crippen molar-refractivity contribution >= 4 is 5.91 Å². The third-order valence-electron chi connectivity index (χ3n) is 2.46. The predicted octanol–water partition coefficient (Wildman–Crippen LogP) is 1.73. The van der Waals surface area contributed by atoms with E-state index in [-0.39, 0.29) is 12.1 Å². The van der Waals surface area contributed by atoms with Crippen molar-refractivity contribution in [2.24, 2.45) is 0 Å². The molecule has 0 radical (unpaired) electrons. The van der Waals surface area contributed by atoms with Crippen LogP contribution in [0.1, 0.15) is 10.4 Å². The molecule has 1 N–H and O–H groups in total. The molecule has 0 aliphatic carbocycles. The van der Waals surface area contributed by atoms with Crippen LogP contribution in [0.25, 0.3) is 0 Å². The summed E-state index contributed by atoms with van der Waals surface area (Å²) in [6.45, 7) is 0.730. The highest BCUT2D eigenvalue weighted by Gasteiger charge is 2.14. The number of hydrogen-bond acceptors (Lipinski definition) is 2. The van der Waals surface area contributed by atoms with Crippen LogP contribution in [0.3, 0.4) is 0 Å². The van der Waals surface area contributed by atoms with E-state index in [1.807, 2.05) is 0 Å². The van der Waals surface area contributed by atoms with Gasteiger partial charge in [-0.15, -0.1) is 0 Å². The molecule has 7 heteroatoms. The highest BCUT2D eigenvalue weighted by molar-refractivity contribution is 5.94. The molecule has 0 bridgehead atoms. The van der Waals surface area contributed by atoms with Gasteiger partial charge in [-0.3, -0.25) is 4.79 Å². The lowest BCUT2D eigenvalue weighted by atomic mass is 10.2. The Balaban J connectivity index is 1.96. The Labute approximate surface area is 106 Å². The molecule has 4 nitrogen and oxygen atoms in total. The second-order valence-electron chi connectivity index (χ2n) is 3.81. The number of aromatic nitrogens is 2. The van der Waals surface area contributed by atoms with Crippen LogP contribution in [0.4, 0.5) is 13.2 Å². The highest BCUT2D eigenvalue weighted by Crippen LogP contribution is 2.13. The van der Waals surface area contributed by atoms with Gasteiger partial charge in [0.05, 0.1) is 6.33 Å². The normalized spacial score (nSPS) is 10.5. The molecule has 0 unspecified atom stereocenters. The maximum absolute atomic E-state index is 12.9. The molecular formula is C12H10F3N3O. The summed E-state index contributed by atoms with van der Waals surface area (Å²) in [7, 11) is 0. The number of amides is 1. The zero-order valence-corrected chi connectivity index (χ0v) is 9.74. The van der Waals surface area contributed by atoms with Gasteiger partial charge in [0.1, 0.15) is 0 Å². The van der Waals surface area contributed by atoms with E-state index in [9.17, 15) is 18.0 Å². The number of halogens is 3. The molecule has 1 aromatic carbocycles. The number of hydrogen-bond donors (Lipinski definition) is 1. The van der Waals surface area contributed by atoms with Crippen molar-refractivity contribution < 1.29 is 18.0 Å². The summed E-state index contributed by atoms with van der Waals surface area (Å²) in [6, 6.07) is 1.32. The number of rotatable bonds is 4. The van der Waals surface area contributed by atoms with Crippen LogP contribution < -0.4 is 5.32 Å². The Morgan fingerprint density at radius 3 is 2.53 bits per heavy atom. The third-order valence-corrected chi connectivity index (χ3v) is 2.46. The van der Waals surface area contributed by atoms with Crippen LogP contribution in [0.5, 0.6) is 0 Å². The minimum absolute atomic E-state index is 0.260. The van der Waals surface area contributed by atoms with Crippen molar-refractivity contribution in [3.05, 3.63) is 53.9 Å². The second kappa shape index (κ2) is 5.55. The minimum atomic E-state index is -1.59. The van der Waals surface area contributed by atoms with Crippen LogP contribution in [0.2, 0.25) is 0 Å². The zero-order valence-electron chi connectivity index (χ0n) is 9.74. The van der Waals surface area contributed by atoms with Crippen LogP contribution in [-0.4, -0.2) is 22.0 Å². The summed E-state index contributed by atoms with van der Waals surface area (Å²) in [4.78, 5) is 15.4. The first-order valence-electron chi connectivity index (χ1n) is 5.46. The van der Waals surface area contributed by atoms with Crippen LogP contribution in [0, 0.1) is 17.5 Å². The van der Waals surface area contributed by atoms with E-state index in [1.165, 1.54) is 0 Å². The first-order valence-corrected chi connectivity index (χ1v) is 5.46. The average Bonchev–Trinajstić information content (AvgIpc) is 2.88. The van der Waals surface area contributed by atoms with E-state index < -0.39 is 23.4 Å². The average molecular weight is 269 g/mol. The first-order chi connectivity index (χ1) is 9.08. The molecule has 0 saturated carbocycles. The van der Waals surface area contributed by atoms with Crippen LogP contribution in [-0.2, 0) is 6.54 Å². The lowest BCUT2D eigenvalue weighted by molar-refractivity contribution is 0.0951. The van der Waals surface area contributed by atoms with E-state index >= 15 is 0 Å². The van der Waals surface area contributed by atoms with Crippen molar-refractivity contribution in [3.63, 3.8) is 0 Å². The van der Waals surface area contributed by atoms with Crippen LogP contribution >= 0.6 is 0 Å². The molecule has 2 aromatic rings. The standard InChI is InChI=1S/C12H10F3N3O/c13-9-5-8(6-10(14)11(9)15)12(19)17-2-4-18-3-1-16-7-18/h1,3,5-7H,2,4H2,(H,17,19). The topological polar surface area (TPSA) is 46.9 Å². The number of imidazole rings is 1. The Bertz CT molecular complexity index is 561. The van der Waals surface area contributed by atoms with Gasteiger partial charge in [0, 0.05) is 31.0 Å². The highest BCUT2D eigenvalue weighted by atomic mass is 19.2. The third kappa shape index (κ3) is 3.12. The smallest absolute Gasteiger partial charge is 0.251 e. The monoisotopic (exact) mass is 269 g/mol. The molecule has 0 spiro atoms. The molecule has 1 amide bonds. The Morgan fingerprint density at radius 2 is 1.95 bits per heavy atom. The fourth-order valence-electron chi connectivity index (χ4n) is 1.51. The van der Waals surface area contributed by atoms with Crippen molar-refractivity contribution in [2.45, 2.75) is 6.54 Å². The summed E-state index contributed by atoms with van der Waals surface area (Å²) in [5, 5.41) is 2.47. The molecule has 0 aliphatic rings. The SMILES string of the molecule is O=C(NCCn1ccnc1)c1cc(F)c(F)c(F)c1. The number of carbonyl (C=O) groups excluding carboxylic acids is 1. The van der Waals surface area contributed by atoms with Gasteiger partial charge in [-0.2, -0.15) is 0 Å². The van der Waals surface area contributed by atoms with E-state index in [1.54, 1.807) is 23.3 Å². The van der Waals surface area contributed by atoms with Gasteiger partial charge in [0.2, 0.25) is 0 Å². The summed E-state index contributed by atoms with van der Waals surface area (Å²) in [6.07, 6.45) is 4.87.